The average Bonchev–Trinajstić information content (AvgIpc) is 3.23. The number of hydrogen-bond donors (Lipinski definition) is 2. The molecule has 5 rings (SSSR count). The number of rotatable bonds is 6. The van der Waals surface area contributed by atoms with Gasteiger partial charge >= 0.3 is 0 Å². The van der Waals surface area contributed by atoms with E-state index in [2.05, 4.69) is 54.6 Å². The molecule has 32 heavy (non-hydrogen) atoms. The number of benzene rings is 2. The van der Waals surface area contributed by atoms with Gasteiger partial charge in [-0.2, -0.15) is 4.98 Å². The Morgan fingerprint density at radius 1 is 0.875 bits per heavy atom. The van der Waals surface area contributed by atoms with Crippen molar-refractivity contribution >= 4 is 40.2 Å². The Morgan fingerprint density at radius 3 is 2.53 bits per heavy atom. The fraction of sp³-hybridized carbons (Fsp3) is 0.0870. The summed E-state index contributed by atoms with van der Waals surface area (Å²) in [5.41, 5.74) is 3.70. The van der Waals surface area contributed by atoms with Gasteiger partial charge in [0.05, 0.1) is 17.1 Å². The van der Waals surface area contributed by atoms with Crippen LogP contribution in [0.4, 0.5) is 17.6 Å². The third kappa shape index (κ3) is 4.21. The molecule has 0 spiro atoms. The smallest absolute Gasteiger partial charge is 0.228 e. The van der Waals surface area contributed by atoms with Gasteiger partial charge in [-0.1, -0.05) is 41.9 Å². The van der Waals surface area contributed by atoms with E-state index in [0.717, 1.165) is 22.5 Å². The largest absolute Gasteiger partial charge is 0.348 e. The standard InChI is InChI=1S/C23H19ClN8/c1-15(16-5-3-2-4-6-16)28-22-26-12-10-21(31-22)32-14-27-18-13-17(7-8-19(18)32)29-23-25-11-9-20(24)30-23/h2-15H,1H3,(H,25,29,30)(H,26,28,31). The highest BCUT2D eigenvalue weighted by atomic mass is 35.5. The number of halogens is 1. The first-order valence-electron chi connectivity index (χ1n) is 10.0. The minimum Gasteiger partial charge on any atom is -0.348 e. The summed E-state index contributed by atoms with van der Waals surface area (Å²) in [6.45, 7) is 2.08. The van der Waals surface area contributed by atoms with Crippen molar-refractivity contribution in [2.75, 3.05) is 10.6 Å². The molecular formula is C23H19ClN8. The predicted octanol–water partition coefficient (Wildman–Crippen LogP) is 5.18. The summed E-state index contributed by atoms with van der Waals surface area (Å²) in [4.78, 5) is 21.9. The fourth-order valence-corrected chi connectivity index (χ4v) is 3.51. The number of fused-ring (bicyclic) bond motifs is 1. The van der Waals surface area contributed by atoms with Crippen molar-refractivity contribution in [3.8, 4) is 5.82 Å². The molecule has 2 N–H and O–H groups in total. The summed E-state index contributed by atoms with van der Waals surface area (Å²) in [6.07, 6.45) is 5.09. The molecule has 0 aliphatic carbocycles. The third-order valence-corrected chi connectivity index (χ3v) is 5.17. The van der Waals surface area contributed by atoms with Crippen LogP contribution in [0.3, 0.4) is 0 Å². The van der Waals surface area contributed by atoms with Gasteiger partial charge in [0.15, 0.2) is 0 Å². The zero-order valence-corrected chi connectivity index (χ0v) is 17.9. The van der Waals surface area contributed by atoms with E-state index < -0.39 is 0 Å². The Bertz CT molecular complexity index is 1370. The number of aromatic nitrogens is 6. The molecule has 158 valence electrons. The van der Waals surface area contributed by atoms with E-state index in [9.17, 15) is 0 Å². The van der Waals surface area contributed by atoms with Crippen molar-refractivity contribution < 1.29 is 0 Å². The third-order valence-electron chi connectivity index (χ3n) is 4.96. The van der Waals surface area contributed by atoms with Gasteiger partial charge in [0.25, 0.3) is 0 Å². The van der Waals surface area contributed by atoms with E-state index >= 15 is 0 Å². The fourth-order valence-electron chi connectivity index (χ4n) is 3.37. The maximum Gasteiger partial charge on any atom is 0.228 e. The Kier molecular flexibility index (Phi) is 5.35. The molecule has 0 aliphatic heterocycles. The van der Waals surface area contributed by atoms with E-state index in [0.29, 0.717) is 17.0 Å². The van der Waals surface area contributed by atoms with Crippen LogP contribution in [-0.2, 0) is 0 Å². The summed E-state index contributed by atoms with van der Waals surface area (Å²) < 4.78 is 1.93. The van der Waals surface area contributed by atoms with Gasteiger partial charge in [-0.05, 0) is 42.8 Å². The van der Waals surface area contributed by atoms with Crippen LogP contribution in [-0.4, -0.2) is 29.5 Å². The molecule has 0 aliphatic rings. The zero-order chi connectivity index (χ0) is 21.9. The van der Waals surface area contributed by atoms with Crippen LogP contribution in [0.25, 0.3) is 16.9 Å². The molecule has 0 saturated heterocycles. The number of hydrogen-bond acceptors (Lipinski definition) is 7. The van der Waals surface area contributed by atoms with Crippen LogP contribution in [0.15, 0.2) is 79.4 Å². The second-order valence-corrected chi connectivity index (χ2v) is 7.55. The second kappa shape index (κ2) is 8.60. The van der Waals surface area contributed by atoms with Crippen molar-refractivity contribution in [3.63, 3.8) is 0 Å². The monoisotopic (exact) mass is 442 g/mol. The Hall–Kier alpha value is -4.04. The highest BCUT2D eigenvalue weighted by Gasteiger charge is 2.11. The van der Waals surface area contributed by atoms with Crippen LogP contribution < -0.4 is 10.6 Å². The van der Waals surface area contributed by atoms with Crippen molar-refractivity contribution in [1.82, 2.24) is 29.5 Å². The molecular weight excluding hydrogens is 424 g/mol. The molecule has 9 heteroatoms. The lowest BCUT2D eigenvalue weighted by molar-refractivity contribution is 0.854. The highest BCUT2D eigenvalue weighted by Crippen LogP contribution is 2.23. The van der Waals surface area contributed by atoms with E-state index in [1.54, 1.807) is 24.8 Å². The number of imidazole rings is 1. The quantitative estimate of drug-likeness (QED) is 0.350. The molecule has 0 radical (unpaired) electrons. The van der Waals surface area contributed by atoms with Crippen LogP contribution in [0.2, 0.25) is 5.15 Å². The number of anilines is 3. The van der Waals surface area contributed by atoms with Crippen molar-refractivity contribution in [1.29, 1.82) is 0 Å². The van der Waals surface area contributed by atoms with Crippen molar-refractivity contribution in [2.24, 2.45) is 0 Å². The molecule has 0 amide bonds. The first-order chi connectivity index (χ1) is 15.7. The molecule has 0 fully saturated rings. The topological polar surface area (TPSA) is 93.4 Å². The lowest BCUT2D eigenvalue weighted by Crippen LogP contribution is -2.10. The van der Waals surface area contributed by atoms with Crippen LogP contribution in [0.1, 0.15) is 18.5 Å². The lowest BCUT2D eigenvalue weighted by atomic mass is 10.1. The molecule has 0 saturated carbocycles. The van der Waals surface area contributed by atoms with Gasteiger partial charge < -0.3 is 10.6 Å². The van der Waals surface area contributed by atoms with Crippen molar-refractivity contribution in [2.45, 2.75) is 13.0 Å². The van der Waals surface area contributed by atoms with Gasteiger partial charge in [0, 0.05) is 18.1 Å². The van der Waals surface area contributed by atoms with Gasteiger partial charge in [0.1, 0.15) is 17.3 Å². The summed E-state index contributed by atoms with van der Waals surface area (Å²) in [7, 11) is 0. The Morgan fingerprint density at radius 2 is 1.69 bits per heavy atom. The van der Waals surface area contributed by atoms with Crippen LogP contribution in [0, 0.1) is 0 Å². The molecule has 3 heterocycles. The maximum absolute atomic E-state index is 5.93. The zero-order valence-electron chi connectivity index (χ0n) is 17.1. The molecule has 0 bridgehead atoms. The lowest BCUT2D eigenvalue weighted by Gasteiger charge is -2.14. The number of nitrogens with one attached hydrogen (secondary N) is 2. The Balaban J connectivity index is 1.39. The summed E-state index contributed by atoms with van der Waals surface area (Å²) in [5, 5.41) is 6.88. The second-order valence-electron chi connectivity index (χ2n) is 7.16. The van der Waals surface area contributed by atoms with E-state index in [-0.39, 0.29) is 6.04 Å². The molecule has 5 aromatic rings. The first kappa shape index (κ1) is 19.9. The van der Waals surface area contributed by atoms with E-state index in [4.69, 9.17) is 11.6 Å². The van der Waals surface area contributed by atoms with Crippen LogP contribution in [0.5, 0.6) is 0 Å². The van der Waals surface area contributed by atoms with Gasteiger partial charge in [-0.25, -0.2) is 19.9 Å². The van der Waals surface area contributed by atoms with Gasteiger partial charge in [-0.15, -0.1) is 0 Å². The average molecular weight is 443 g/mol. The van der Waals surface area contributed by atoms with Gasteiger partial charge in [-0.3, -0.25) is 4.57 Å². The minimum absolute atomic E-state index is 0.0772. The molecule has 8 nitrogen and oxygen atoms in total. The predicted molar refractivity (Wildman–Crippen MR) is 125 cm³/mol. The first-order valence-corrected chi connectivity index (χ1v) is 10.4. The Labute approximate surface area is 189 Å². The molecule has 1 unspecified atom stereocenters. The maximum atomic E-state index is 5.93. The summed E-state index contributed by atoms with van der Waals surface area (Å²) >= 11 is 5.93. The summed E-state index contributed by atoms with van der Waals surface area (Å²) in [6, 6.07) is 19.6. The van der Waals surface area contributed by atoms with E-state index in [1.165, 1.54) is 5.56 Å². The van der Waals surface area contributed by atoms with E-state index in [1.807, 2.05) is 47.0 Å². The van der Waals surface area contributed by atoms with Gasteiger partial charge in [0.2, 0.25) is 11.9 Å². The SMILES string of the molecule is CC(Nc1nccc(-n2cnc3cc(Nc4nccc(Cl)n4)ccc32)n1)c1ccccc1. The van der Waals surface area contributed by atoms with Crippen LogP contribution >= 0.6 is 11.6 Å². The normalized spacial score (nSPS) is 11.9. The molecule has 3 aromatic heterocycles. The molecule has 1 atom stereocenters. The number of nitrogens with zero attached hydrogens (tertiary/aromatic N) is 6. The highest BCUT2D eigenvalue weighted by molar-refractivity contribution is 6.29. The minimum atomic E-state index is 0.0772. The molecule has 2 aromatic carbocycles. The van der Waals surface area contributed by atoms with Crippen molar-refractivity contribution in [3.05, 3.63) is 90.1 Å². The summed E-state index contributed by atoms with van der Waals surface area (Å²) in [5.74, 6) is 1.71.